The van der Waals surface area contributed by atoms with Gasteiger partial charge in [0.05, 0.1) is 0 Å². The zero-order valence-electron chi connectivity index (χ0n) is 27.7. The number of rotatable bonds is 7. The Morgan fingerprint density at radius 3 is 0.853 bits per heavy atom. The van der Waals surface area contributed by atoms with Gasteiger partial charge >= 0.3 is 0 Å². The average molecular weight is 569 g/mol. The maximum absolute atomic E-state index is 10.8. The lowest BCUT2D eigenvalue weighted by Gasteiger charge is -2.31. The topological polar surface area (TPSA) is 38.8 Å². The molecule has 10 heteroatoms. The quantitative estimate of drug-likeness (QED) is 0.333. The van der Waals surface area contributed by atoms with Crippen molar-refractivity contribution >= 4 is 47.1 Å². The Labute approximate surface area is 222 Å². The van der Waals surface area contributed by atoms with E-state index in [1.807, 2.05) is 11.6 Å². The van der Waals surface area contributed by atoms with Crippen molar-refractivity contribution in [2.75, 3.05) is 34.2 Å². The predicted molar refractivity (Wildman–Crippen MR) is 175 cm³/mol. The molecule has 0 aliphatic carbocycles. The molecule has 210 valence electrons. The molecular formula is C24H68N4OSi5. The molecule has 1 N–H and O–H groups in total. The second-order valence-electron chi connectivity index (χ2n) is 14.3. The Balaban J connectivity index is -0.000000177. The fourth-order valence-electron chi connectivity index (χ4n) is 2.77. The van der Waals surface area contributed by atoms with Crippen molar-refractivity contribution in [1.29, 1.82) is 0 Å². The molecule has 0 aliphatic heterocycles. The Bertz CT molecular complexity index is 510. The van der Waals surface area contributed by atoms with Gasteiger partial charge in [-0.25, -0.2) is 0 Å². The summed E-state index contributed by atoms with van der Waals surface area (Å²) in [6, 6.07) is 0. The van der Waals surface area contributed by atoms with Crippen LogP contribution in [0.2, 0.25) is 98.2 Å². The smallest absolute Gasteiger partial charge is 0.211 e. The molecule has 1 amide bonds. The van der Waals surface area contributed by atoms with Crippen LogP contribution < -0.4 is 4.65 Å². The summed E-state index contributed by atoms with van der Waals surface area (Å²) < 4.78 is 10.5. The number of nitrogens with one attached hydrogen (secondary N) is 1. The summed E-state index contributed by atoms with van der Waals surface area (Å²) in [6.45, 7) is 43.2. The second-order valence-corrected chi connectivity index (χ2v) is 39.5. The van der Waals surface area contributed by atoms with Crippen molar-refractivity contribution < 1.29 is 4.79 Å². The molecule has 0 aromatic rings. The third-order valence-corrected chi connectivity index (χ3v) is 18.8. The van der Waals surface area contributed by atoms with Gasteiger partial charge in [0.15, 0.2) is 8.24 Å². The molecule has 34 heavy (non-hydrogen) atoms. The Morgan fingerprint density at radius 2 is 0.853 bits per heavy atom. The second kappa shape index (κ2) is 17.0. The van der Waals surface area contributed by atoms with Gasteiger partial charge in [-0.15, -0.1) is 0 Å². The molecule has 0 aliphatic rings. The van der Waals surface area contributed by atoms with Gasteiger partial charge in [0.25, 0.3) is 0 Å². The van der Waals surface area contributed by atoms with Crippen LogP contribution >= 0.6 is 0 Å². The van der Waals surface area contributed by atoms with Gasteiger partial charge in [-0.3, -0.25) is 4.79 Å². The first kappa shape index (κ1) is 41.6. The molecule has 0 aromatic heterocycles. The van der Waals surface area contributed by atoms with Gasteiger partial charge in [0.1, 0.15) is 32.9 Å². The summed E-state index contributed by atoms with van der Waals surface area (Å²) in [6.07, 6.45) is 0. The number of carbonyl (C=O) groups excluding carboxylic acids is 1. The number of nitrogens with zero attached hydrogens (tertiary/aromatic N) is 3. The van der Waals surface area contributed by atoms with E-state index in [0.29, 0.717) is 0 Å². The van der Waals surface area contributed by atoms with Crippen LogP contribution in [0.15, 0.2) is 0 Å². The normalized spacial score (nSPS) is 12.7. The van der Waals surface area contributed by atoms with Crippen LogP contribution in [0.25, 0.3) is 0 Å². The Morgan fingerprint density at radius 1 is 0.588 bits per heavy atom. The van der Waals surface area contributed by atoms with E-state index in [2.05, 4.69) is 140 Å². The molecule has 0 fully saturated rings. The lowest BCUT2D eigenvalue weighted by molar-refractivity contribution is -0.123. The third-order valence-electron chi connectivity index (χ3n) is 5.28. The van der Waals surface area contributed by atoms with E-state index in [1.54, 1.807) is 6.92 Å². The molecule has 0 bridgehead atoms. The summed E-state index contributed by atoms with van der Waals surface area (Å²) in [5.74, 6) is 0.175. The summed E-state index contributed by atoms with van der Waals surface area (Å²) in [4.78, 5) is 10.8. The molecule has 0 saturated carbocycles. The maximum atomic E-state index is 10.8. The maximum Gasteiger partial charge on any atom is 0.211 e. The zero-order valence-corrected chi connectivity index (χ0v) is 32.7. The minimum Gasteiger partial charge on any atom is -0.373 e. The number of carbonyl (C=O) groups is 1. The van der Waals surface area contributed by atoms with Gasteiger partial charge in [0.2, 0.25) is 5.91 Å². The minimum absolute atomic E-state index is 0.175. The standard InChI is InChI=1S/C7H19NSi.C6H15NOSi.C6H19NSi2.C5H15NSi/c1-6-8(7-2)9(3,4)5;1-6(8)7(2)9(3,4)5;1-8(2,3)7-9(4,5)6;1-6(2)7(3,4)5/h6-7H2,1-5H3;1-5H3;7H,1-6H3;1-5H3. The fraction of sp³-hybridized carbons (Fsp3) is 0.958. The van der Waals surface area contributed by atoms with Gasteiger partial charge in [-0.1, -0.05) is 112 Å². The molecule has 0 aromatic carbocycles. The summed E-state index contributed by atoms with van der Waals surface area (Å²) in [7, 11) is 1.00. The molecule has 0 saturated heterocycles. The molecular weight excluding hydrogens is 501 g/mol. The van der Waals surface area contributed by atoms with Crippen molar-refractivity contribution in [2.24, 2.45) is 0 Å². The molecule has 0 radical (unpaired) electrons. The highest BCUT2D eigenvalue weighted by Crippen LogP contribution is 2.07. The van der Waals surface area contributed by atoms with Crippen molar-refractivity contribution in [3.63, 3.8) is 0 Å². The monoisotopic (exact) mass is 568 g/mol. The Kier molecular flexibility index (Phi) is 20.8. The first-order valence-electron chi connectivity index (χ1n) is 13.0. The predicted octanol–water partition coefficient (Wildman–Crippen LogP) is 7.09. The van der Waals surface area contributed by atoms with Crippen LogP contribution in [-0.2, 0) is 4.79 Å². The van der Waals surface area contributed by atoms with Gasteiger partial charge in [-0.05, 0) is 27.2 Å². The summed E-state index contributed by atoms with van der Waals surface area (Å²) in [5.41, 5.74) is 0. The van der Waals surface area contributed by atoms with Crippen LogP contribution in [0, 0.1) is 0 Å². The van der Waals surface area contributed by atoms with E-state index >= 15 is 0 Å². The van der Waals surface area contributed by atoms with E-state index in [1.165, 1.54) is 13.1 Å². The van der Waals surface area contributed by atoms with E-state index in [9.17, 15) is 4.79 Å². The largest absolute Gasteiger partial charge is 0.373 e. The van der Waals surface area contributed by atoms with Crippen LogP contribution in [0.3, 0.4) is 0 Å². The summed E-state index contributed by atoms with van der Waals surface area (Å²) >= 11 is 0. The van der Waals surface area contributed by atoms with Crippen LogP contribution in [0.4, 0.5) is 0 Å². The first-order valence-corrected chi connectivity index (χ1v) is 30.3. The number of amides is 1. The van der Waals surface area contributed by atoms with E-state index in [0.717, 1.165) is 0 Å². The molecule has 0 atom stereocenters. The fourth-order valence-corrected chi connectivity index (χ4v) is 14.6. The highest BCUT2D eigenvalue weighted by molar-refractivity contribution is 6.90. The SMILES string of the molecule is CC(=O)N(C)[Si](C)(C)C.CCN(CC)[Si](C)(C)C.CN(C)[Si](C)(C)C.C[Si](C)(C)N[Si](C)(C)C. The summed E-state index contributed by atoms with van der Waals surface area (Å²) in [5, 5.41) is 0. The Hall–Kier alpha value is 0.434. The highest BCUT2D eigenvalue weighted by Gasteiger charge is 2.22. The van der Waals surface area contributed by atoms with E-state index in [4.69, 9.17) is 0 Å². The number of hydrogen-bond donors (Lipinski definition) is 1. The average Bonchev–Trinajstić information content (AvgIpc) is 2.50. The van der Waals surface area contributed by atoms with Crippen molar-refractivity contribution in [3.05, 3.63) is 0 Å². The minimum atomic E-state index is -1.34. The zero-order chi connectivity index (χ0) is 28.9. The van der Waals surface area contributed by atoms with Gasteiger partial charge in [-0.2, -0.15) is 0 Å². The molecule has 0 rings (SSSR count). The van der Waals surface area contributed by atoms with Crippen LogP contribution in [0.1, 0.15) is 20.8 Å². The molecule has 5 nitrogen and oxygen atoms in total. The molecule has 0 heterocycles. The van der Waals surface area contributed by atoms with Crippen molar-refractivity contribution in [2.45, 2.75) is 119 Å². The van der Waals surface area contributed by atoms with Gasteiger partial charge in [0, 0.05) is 14.0 Å². The lowest BCUT2D eigenvalue weighted by atomic mass is 10.7. The van der Waals surface area contributed by atoms with Gasteiger partial charge < -0.3 is 18.3 Å². The number of hydrogen-bond acceptors (Lipinski definition) is 4. The highest BCUT2D eigenvalue weighted by atomic mass is 28.4. The molecule has 0 unspecified atom stereocenters. The van der Waals surface area contributed by atoms with Crippen molar-refractivity contribution in [3.8, 4) is 0 Å². The van der Waals surface area contributed by atoms with E-state index in [-0.39, 0.29) is 5.91 Å². The van der Waals surface area contributed by atoms with Crippen molar-refractivity contribution in [1.82, 2.24) is 18.3 Å². The van der Waals surface area contributed by atoms with E-state index < -0.39 is 41.2 Å². The lowest BCUT2D eigenvalue weighted by Crippen LogP contribution is -2.55. The third kappa shape index (κ3) is 30.5. The molecule has 0 spiro atoms. The van der Waals surface area contributed by atoms with Crippen LogP contribution in [0.5, 0.6) is 0 Å². The van der Waals surface area contributed by atoms with Crippen LogP contribution in [-0.4, -0.2) is 95.0 Å². The first-order chi connectivity index (χ1) is 14.5.